The Morgan fingerprint density at radius 3 is 1.47 bits per heavy atom. The first kappa shape index (κ1) is 33.2. The van der Waals surface area contributed by atoms with E-state index in [2.05, 4.69) is 152 Å². The molecule has 12 rings (SSSR count). The summed E-state index contributed by atoms with van der Waals surface area (Å²) in [5, 5.41) is 10.5. The Balaban J connectivity index is 1.05. The molecule has 0 aliphatic rings. The SMILES string of the molecule is c1ccc(-c2cc(-c3ccccc3)nc(-c3ccc(-c4cccc5c4nc(-c4ccc6c7ccccc7c7ccccc7c6c4)c4c6ccccc6oc54)cc3)n2)cc1. The maximum Gasteiger partial charge on any atom is 0.160 e. The van der Waals surface area contributed by atoms with Crippen LogP contribution in [0.1, 0.15) is 0 Å². The number of rotatable bonds is 5. The fraction of sp³-hybridized carbons (Fsp3) is 0. The largest absolute Gasteiger partial charge is 0.455 e. The molecule has 0 unspecified atom stereocenters. The first-order chi connectivity index (χ1) is 29.2. The molecule has 4 heteroatoms. The highest BCUT2D eigenvalue weighted by molar-refractivity contribution is 6.27. The lowest BCUT2D eigenvalue weighted by atomic mass is 9.92. The molecule has 0 radical (unpaired) electrons. The van der Waals surface area contributed by atoms with Crippen LogP contribution in [0.4, 0.5) is 0 Å². The minimum atomic E-state index is 0.677. The van der Waals surface area contributed by atoms with Gasteiger partial charge in [-0.15, -0.1) is 0 Å². The zero-order valence-electron chi connectivity index (χ0n) is 31.8. The van der Waals surface area contributed by atoms with Gasteiger partial charge >= 0.3 is 0 Å². The molecule has 12 aromatic rings. The molecule has 0 atom stereocenters. The van der Waals surface area contributed by atoms with Crippen molar-refractivity contribution in [1.29, 1.82) is 0 Å². The third kappa shape index (κ3) is 5.42. The Bertz CT molecular complexity index is 3500. The second-order valence-corrected chi connectivity index (χ2v) is 15.1. The fourth-order valence-corrected chi connectivity index (χ4v) is 8.87. The van der Waals surface area contributed by atoms with Crippen molar-refractivity contribution in [2.24, 2.45) is 0 Å². The van der Waals surface area contributed by atoms with Crippen molar-refractivity contribution in [3.05, 3.63) is 200 Å². The highest BCUT2D eigenvalue weighted by Crippen LogP contribution is 2.44. The molecule has 0 spiro atoms. The molecule has 4 nitrogen and oxygen atoms in total. The van der Waals surface area contributed by atoms with E-state index in [4.69, 9.17) is 19.4 Å². The van der Waals surface area contributed by atoms with E-state index in [1.54, 1.807) is 0 Å². The first-order valence-corrected chi connectivity index (χ1v) is 19.9. The first-order valence-electron chi connectivity index (χ1n) is 19.9. The number of furan rings is 1. The summed E-state index contributed by atoms with van der Waals surface area (Å²) in [6.07, 6.45) is 0. The summed E-state index contributed by atoms with van der Waals surface area (Å²) >= 11 is 0. The molecule has 0 aliphatic heterocycles. The van der Waals surface area contributed by atoms with Crippen molar-refractivity contribution in [2.75, 3.05) is 0 Å². The van der Waals surface area contributed by atoms with Gasteiger partial charge in [-0.2, -0.15) is 0 Å². The second kappa shape index (κ2) is 13.3. The average molecular weight is 752 g/mol. The van der Waals surface area contributed by atoms with Gasteiger partial charge in [0.2, 0.25) is 0 Å². The van der Waals surface area contributed by atoms with Crippen LogP contribution in [-0.2, 0) is 0 Å². The molecule has 0 saturated heterocycles. The summed E-state index contributed by atoms with van der Waals surface area (Å²) < 4.78 is 6.75. The normalized spacial score (nSPS) is 11.7. The van der Waals surface area contributed by atoms with Crippen LogP contribution < -0.4 is 0 Å². The third-order valence-corrected chi connectivity index (χ3v) is 11.7. The van der Waals surface area contributed by atoms with Crippen LogP contribution in [0.2, 0.25) is 0 Å². The molecule has 274 valence electrons. The maximum absolute atomic E-state index is 6.75. The van der Waals surface area contributed by atoms with Crippen LogP contribution in [0.15, 0.2) is 205 Å². The number of hydrogen-bond acceptors (Lipinski definition) is 4. The summed E-state index contributed by atoms with van der Waals surface area (Å²) in [6.45, 7) is 0. The fourth-order valence-electron chi connectivity index (χ4n) is 8.87. The molecule has 3 aromatic heterocycles. The molecule has 0 fully saturated rings. The zero-order chi connectivity index (χ0) is 38.9. The molecule has 0 saturated carbocycles. The zero-order valence-corrected chi connectivity index (χ0v) is 31.8. The van der Waals surface area contributed by atoms with E-state index < -0.39 is 0 Å². The molecule has 0 amide bonds. The van der Waals surface area contributed by atoms with Crippen molar-refractivity contribution < 1.29 is 4.42 Å². The van der Waals surface area contributed by atoms with Crippen molar-refractivity contribution in [3.8, 4) is 56.3 Å². The minimum absolute atomic E-state index is 0.677. The summed E-state index contributed by atoms with van der Waals surface area (Å²) in [5.74, 6) is 0.677. The molecule has 3 heterocycles. The quantitative estimate of drug-likeness (QED) is 0.164. The summed E-state index contributed by atoms with van der Waals surface area (Å²) in [6, 6.07) is 70.1. The number of aromatic nitrogens is 3. The lowest BCUT2D eigenvalue weighted by Gasteiger charge is -2.14. The van der Waals surface area contributed by atoms with Crippen LogP contribution >= 0.6 is 0 Å². The van der Waals surface area contributed by atoms with E-state index in [0.717, 1.165) is 83.3 Å². The summed E-state index contributed by atoms with van der Waals surface area (Å²) in [7, 11) is 0. The highest BCUT2D eigenvalue weighted by Gasteiger charge is 2.21. The second-order valence-electron chi connectivity index (χ2n) is 15.1. The van der Waals surface area contributed by atoms with E-state index in [9.17, 15) is 0 Å². The standard InChI is InChI=1S/C55H33N3O/c1-3-14-35(15-4-1)48-33-49(36-16-5-2-6-17-36)57-55(56-48)37-28-26-34(27-29-37)39-23-13-24-46-53(39)58-52(51-45-22-11-12-25-50(45)59-54(46)51)38-30-31-44-42-20-8-7-18-40(42)41-19-9-10-21-43(41)47(44)32-38/h1-33H. The molecular formula is C55H33N3O. The number of para-hydroxylation sites is 2. The van der Waals surface area contributed by atoms with E-state index in [0.29, 0.717) is 5.82 Å². The lowest BCUT2D eigenvalue weighted by molar-refractivity contribution is 0.672. The predicted octanol–water partition coefficient (Wildman–Crippen LogP) is 14.7. The summed E-state index contributed by atoms with van der Waals surface area (Å²) in [4.78, 5) is 15.8. The Hall–Kier alpha value is -7.95. The van der Waals surface area contributed by atoms with Gasteiger partial charge in [0.25, 0.3) is 0 Å². The van der Waals surface area contributed by atoms with Crippen LogP contribution in [-0.4, -0.2) is 15.0 Å². The molecule has 59 heavy (non-hydrogen) atoms. The average Bonchev–Trinajstić information content (AvgIpc) is 3.72. The molecule has 0 aliphatic carbocycles. The summed E-state index contributed by atoms with van der Waals surface area (Å²) in [5.41, 5.74) is 11.4. The maximum atomic E-state index is 6.75. The van der Waals surface area contributed by atoms with Gasteiger partial charge < -0.3 is 4.42 Å². The number of benzene rings is 9. The molecule has 9 aromatic carbocycles. The molecule has 0 bridgehead atoms. The predicted molar refractivity (Wildman–Crippen MR) is 244 cm³/mol. The third-order valence-electron chi connectivity index (χ3n) is 11.7. The van der Waals surface area contributed by atoms with Gasteiger partial charge in [0.1, 0.15) is 11.2 Å². The van der Waals surface area contributed by atoms with Gasteiger partial charge in [-0.3, -0.25) is 0 Å². The van der Waals surface area contributed by atoms with Gasteiger partial charge in [-0.25, -0.2) is 15.0 Å². The van der Waals surface area contributed by atoms with E-state index in [1.807, 2.05) is 48.5 Å². The Morgan fingerprint density at radius 2 is 0.831 bits per heavy atom. The van der Waals surface area contributed by atoms with Gasteiger partial charge in [0, 0.05) is 38.6 Å². The van der Waals surface area contributed by atoms with Crippen LogP contribution in [0.5, 0.6) is 0 Å². The van der Waals surface area contributed by atoms with E-state index >= 15 is 0 Å². The Labute approximate surface area is 339 Å². The van der Waals surface area contributed by atoms with Gasteiger partial charge in [0.15, 0.2) is 5.82 Å². The van der Waals surface area contributed by atoms with Crippen molar-refractivity contribution >= 4 is 65.2 Å². The lowest BCUT2D eigenvalue weighted by Crippen LogP contribution is -1.96. The van der Waals surface area contributed by atoms with Gasteiger partial charge in [-0.1, -0.05) is 176 Å². The number of hydrogen-bond donors (Lipinski definition) is 0. The van der Waals surface area contributed by atoms with Gasteiger partial charge in [0.05, 0.1) is 28.0 Å². The van der Waals surface area contributed by atoms with E-state index in [1.165, 1.54) is 32.3 Å². The van der Waals surface area contributed by atoms with Crippen molar-refractivity contribution in [3.63, 3.8) is 0 Å². The number of nitrogens with zero attached hydrogens (tertiary/aromatic N) is 3. The van der Waals surface area contributed by atoms with E-state index in [-0.39, 0.29) is 0 Å². The van der Waals surface area contributed by atoms with Gasteiger partial charge in [-0.05, 0) is 62.1 Å². The topological polar surface area (TPSA) is 51.8 Å². The molecule has 0 N–H and O–H groups in total. The van der Waals surface area contributed by atoms with Crippen molar-refractivity contribution in [1.82, 2.24) is 15.0 Å². The highest BCUT2D eigenvalue weighted by atomic mass is 16.3. The number of fused-ring (bicyclic) bond motifs is 11. The Kier molecular flexibility index (Phi) is 7.50. The van der Waals surface area contributed by atoms with Crippen LogP contribution in [0, 0.1) is 0 Å². The monoisotopic (exact) mass is 751 g/mol. The smallest absolute Gasteiger partial charge is 0.160 e. The van der Waals surface area contributed by atoms with Crippen molar-refractivity contribution in [2.45, 2.75) is 0 Å². The Morgan fingerprint density at radius 1 is 0.322 bits per heavy atom. The van der Waals surface area contributed by atoms with Crippen LogP contribution in [0.25, 0.3) is 121 Å². The molecular weight excluding hydrogens is 719 g/mol. The number of pyridine rings is 1. The van der Waals surface area contributed by atoms with Crippen LogP contribution in [0.3, 0.4) is 0 Å². The minimum Gasteiger partial charge on any atom is -0.455 e.